The van der Waals surface area contributed by atoms with Gasteiger partial charge in [0.2, 0.25) is 5.91 Å². The predicted molar refractivity (Wildman–Crippen MR) is 71.4 cm³/mol. The van der Waals surface area contributed by atoms with Gasteiger partial charge in [-0.1, -0.05) is 6.42 Å². The molecule has 1 heterocycles. The van der Waals surface area contributed by atoms with Crippen LogP contribution in [0.5, 0.6) is 0 Å². The Labute approximate surface area is 110 Å². The van der Waals surface area contributed by atoms with Gasteiger partial charge in [0.05, 0.1) is 6.04 Å². The second-order valence-corrected chi connectivity index (χ2v) is 3.98. The van der Waals surface area contributed by atoms with Crippen LogP contribution in [-0.2, 0) is 4.79 Å². The van der Waals surface area contributed by atoms with Crippen molar-refractivity contribution in [3.63, 3.8) is 0 Å². The summed E-state index contributed by atoms with van der Waals surface area (Å²) in [4.78, 5) is 13.5. The van der Waals surface area contributed by atoms with Crippen molar-refractivity contribution < 1.29 is 4.79 Å². The third-order valence-electron chi connectivity index (χ3n) is 2.59. The highest BCUT2D eigenvalue weighted by atomic mass is 35.5. The fourth-order valence-corrected chi connectivity index (χ4v) is 1.68. The second-order valence-electron chi connectivity index (χ2n) is 3.98. The molecule has 1 amide bonds. The van der Waals surface area contributed by atoms with Gasteiger partial charge in [0, 0.05) is 13.1 Å². The van der Waals surface area contributed by atoms with Crippen LogP contribution in [0.15, 0.2) is 0 Å². The zero-order valence-corrected chi connectivity index (χ0v) is 11.4. The lowest BCUT2D eigenvalue weighted by atomic mass is 10.1. The van der Waals surface area contributed by atoms with Crippen molar-refractivity contribution in [3.8, 4) is 0 Å². The van der Waals surface area contributed by atoms with Crippen LogP contribution < -0.4 is 11.1 Å². The van der Waals surface area contributed by atoms with Crippen molar-refractivity contribution in [1.29, 1.82) is 0 Å². The molecule has 4 nitrogen and oxygen atoms in total. The zero-order valence-electron chi connectivity index (χ0n) is 9.78. The van der Waals surface area contributed by atoms with E-state index in [1.807, 2.05) is 0 Å². The fourth-order valence-electron chi connectivity index (χ4n) is 1.68. The molecule has 0 spiro atoms. The first-order valence-corrected chi connectivity index (χ1v) is 5.46. The number of likely N-dealkylation sites (tertiary alicyclic amines) is 1. The third-order valence-corrected chi connectivity index (χ3v) is 2.59. The molecule has 6 heteroatoms. The Morgan fingerprint density at radius 3 is 2.38 bits per heavy atom. The van der Waals surface area contributed by atoms with Crippen molar-refractivity contribution in [2.45, 2.75) is 32.2 Å². The van der Waals surface area contributed by atoms with Gasteiger partial charge >= 0.3 is 0 Å². The number of nitrogens with one attached hydrogen (secondary N) is 1. The highest BCUT2D eigenvalue weighted by Crippen LogP contribution is 2.07. The Hall–Kier alpha value is -0.0300. The standard InChI is InChI=1S/C10H21N3O.2ClH/c1-9(11)10(14)12-5-8-13-6-3-2-4-7-13;;/h9H,2-8,11H2,1H3,(H,12,14);2*1H/t9-;;/m1../s1. The number of amides is 1. The maximum Gasteiger partial charge on any atom is 0.236 e. The summed E-state index contributed by atoms with van der Waals surface area (Å²) < 4.78 is 0. The van der Waals surface area contributed by atoms with Crippen LogP contribution in [0.1, 0.15) is 26.2 Å². The lowest BCUT2D eigenvalue weighted by molar-refractivity contribution is -0.122. The van der Waals surface area contributed by atoms with Gasteiger partial charge in [-0.05, 0) is 32.9 Å². The number of carbonyl (C=O) groups excluding carboxylic acids is 1. The van der Waals surface area contributed by atoms with E-state index in [9.17, 15) is 4.79 Å². The molecule has 1 aliphatic rings. The minimum absolute atomic E-state index is 0. The number of nitrogens with two attached hydrogens (primary N) is 1. The molecule has 0 saturated carbocycles. The van der Waals surface area contributed by atoms with E-state index in [0.717, 1.165) is 13.1 Å². The average molecular weight is 272 g/mol. The number of nitrogens with zero attached hydrogens (tertiary/aromatic N) is 1. The lowest BCUT2D eigenvalue weighted by Gasteiger charge is -2.26. The molecule has 0 aromatic rings. The molecular weight excluding hydrogens is 249 g/mol. The number of hydrogen-bond acceptors (Lipinski definition) is 3. The van der Waals surface area contributed by atoms with Crippen molar-refractivity contribution in [2.75, 3.05) is 26.2 Å². The fraction of sp³-hybridized carbons (Fsp3) is 0.900. The van der Waals surface area contributed by atoms with Crippen LogP contribution in [0.25, 0.3) is 0 Å². The molecule has 0 aromatic heterocycles. The molecule has 0 aromatic carbocycles. The van der Waals surface area contributed by atoms with E-state index in [2.05, 4.69) is 10.2 Å². The molecule has 1 atom stereocenters. The maximum atomic E-state index is 11.1. The summed E-state index contributed by atoms with van der Waals surface area (Å²) in [5, 5.41) is 2.82. The average Bonchev–Trinajstić information content (AvgIpc) is 2.19. The number of rotatable bonds is 4. The lowest BCUT2D eigenvalue weighted by Crippen LogP contribution is -2.43. The molecule has 0 radical (unpaired) electrons. The van der Waals surface area contributed by atoms with Crippen LogP contribution >= 0.6 is 24.8 Å². The summed E-state index contributed by atoms with van der Waals surface area (Å²) in [6.07, 6.45) is 3.94. The smallest absolute Gasteiger partial charge is 0.236 e. The summed E-state index contributed by atoms with van der Waals surface area (Å²) in [6.45, 7) is 5.73. The summed E-state index contributed by atoms with van der Waals surface area (Å²) in [7, 11) is 0. The summed E-state index contributed by atoms with van der Waals surface area (Å²) >= 11 is 0. The topological polar surface area (TPSA) is 58.4 Å². The van der Waals surface area contributed by atoms with E-state index in [-0.39, 0.29) is 30.7 Å². The SMILES string of the molecule is C[C@@H](N)C(=O)NCCN1CCCCC1.Cl.Cl. The van der Waals surface area contributed by atoms with Crippen molar-refractivity contribution in [3.05, 3.63) is 0 Å². The summed E-state index contributed by atoms with van der Waals surface area (Å²) in [5.74, 6) is -0.0537. The highest BCUT2D eigenvalue weighted by Gasteiger charge is 2.10. The molecule has 98 valence electrons. The maximum absolute atomic E-state index is 11.1. The van der Waals surface area contributed by atoms with Crippen molar-refractivity contribution in [1.82, 2.24) is 10.2 Å². The first-order valence-electron chi connectivity index (χ1n) is 5.46. The molecule has 0 aliphatic carbocycles. The summed E-state index contributed by atoms with van der Waals surface area (Å²) in [6, 6.07) is -0.392. The van der Waals surface area contributed by atoms with Gasteiger partial charge in [0.15, 0.2) is 0 Å². The van der Waals surface area contributed by atoms with Gasteiger partial charge < -0.3 is 16.0 Å². The minimum Gasteiger partial charge on any atom is -0.353 e. The van der Waals surface area contributed by atoms with Crippen LogP contribution in [0.2, 0.25) is 0 Å². The van der Waals surface area contributed by atoms with E-state index in [4.69, 9.17) is 5.73 Å². The number of piperidine rings is 1. The van der Waals surface area contributed by atoms with Gasteiger partial charge in [0.25, 0.3) is 0 Å². The zero-order chi connectivity index (χ0) is 10.4. The van der Waals surface area contributed by atoms with Crippen LogP contribution in [0, 0.1) is 0 Å². The van der Waals surface area contributed by atoms with Gasteiger partial charge in [-0.15, -0.1) is 24.8 Å². The largest absolute Gasteiger partial charge is 0.353 e. The number of hydrogen-bond donors (Lipinski definition) is 2. The quantitative estimate of drug-likeness (QED) is 0.795. The Balaban J connectivity index is 0. The van der Waals surface area contributed by atoms with Crippen molar-refractivity contribution >= 4 is 30.7 Å². The summed E-state index contributed by atoms with van der Waals surface area (Å²) in [5.41, 5.74) is 5.43. The molecule has 0 unspecified atom stereocenters. The molecule has 1 rings (SSSR count). The van der Waals surface area contributed by atoms with E-state index in [1.165, 1.54) is 32.4 Å². The molecule has 0 bridgehead atoms. The molecule has 16 heavy (non-hydrogen) atoms. The molecule has 1 aliphatic heterocycles. The monoisotopic (exact) mass is 271 g/mol. The van der Waals surface area contributed by atoms with E-state index in [0.29, 0.717) is 0 Å². The van der Waals surface area contributed by atoms with E-state index < -0.39 is 6.04 Å². The van der Waals surface area contributed by atoms with Gasteiger partial charge in [-0.25, -0.2) is 0 Å². The number of carbonyl (C=O) groups is 1. The first kappa shape index (κ1) is 18.3. The van der Waals surface area contributed by atoms with Crippen LogP contribution in [0.4, 0.5) is 0 Å². The first-order chi connectivity index (χ1) is 6.70. The highest BCUT2D eigenvalue weighted by molar-refractivity contribution is 5.85. The normalized spacial score (nSPS) is 17.9. The molecule has 1 saturated heterocycles. The van der Waals surface area contributed by atoms with Gasteiger partial charge in [0.1, 0.15) is 0 Å². The van der Waals surface area contributed by atoms with Crippen LogP contribution in [0.3, 0.4) is 0 Å². The van der Waals surface area contributed by atoms with Gasteiger partial charge in [-0.3, -0.25) is 4.79 Å². The number of halogens is 2. The Kier molecular flexibility index (Phi) is 11.6. The Morgan fingerprint density at radius 2 is 1.88 bits per heavy atom. The van der Waals surface area contributed by atoms with E-state index in [1.54, 1.807) is 6.92 Å². The minimum atomic E-state index is -0.392. The molecule has 1 fully saturated rings. The van der Waals surface area contributed by atoms with E-state index >= 15 is 0 Å². The second kappa shape index (κ2) is 10.1. The Bertz CT molecular complexity index is 185. The Morgan fingerprint density at radius 1 is 1.31 bits per heavy atom. The van der Waals surface area contributed by atoms with Gasteiger partial charge in [-0.2, -0.15) is 0 Å². The predicted octanol–water partition coefficient (Wildman–Crippen LogP) is 0.779. The third kappa shape index (κ3) is 7.28. The van der Waals surface area contributed by atoms with Crippen LogP contribution in [-0.4, -0.2) is 43.0 Å². The molecular formula is C10H23Cl2N3O. The van der Waals surface area contributed by atoms with Crippen molar-refractivity contribution in [2.24, 2.45) is 5.73 Å². The molecule has 3 N–H and O–H groups in total.